The monoisotopic (exact) mass is 538 g/mol. The van der Waals surface area contributed by atoms with Crippen molar-refractivity contribution in [3.63, 3.8) is 0 Å². The summed E-state index contributed by atoms with van der Waals surface area (Å²) in [7, 11) is 0. The van der Waals surface area contributed by atoms with E-state index in [4.69, 9.17) is 14.6 Å². The Kier molecular flexibility index (Phi) is 9.07. The van der Waals surface area contributed by atoms with E-state index in [0.29, 0.717) is 36.9 Å². The Hall–Kier alpha value is -4.78. The van der Waals surface area contributed by atoms with E-state index in [9.17, 15) is 9.90 Å². The molecule has 0 saturated heterocycles. The molecule has 0 aliphatic rings. The van der Waals surface area contributed by atoms with Gasteiger partial charge in [-0.15, -0.1) is 0 Å². The number of carboxylic acid groups (broad SMARTS) is 1. The maximum absolute atomic E-state index is 10.8. The molecule has 4 aromatic rings. The highest BCUT2D eigenvalue weighted by molar-refractivity contribution is 5.95. The van der Waals surface area contributed by atoms with Crippen LogP contribution in [0, 0.1) is 0 Å². The molecule has 0 aliphatic carbocycles. The quantitative estimate of drug-likeness (QED) is 0.143. The number of aliphatic imine (C=N–C) groups is 1. The van der Waals surface area contributed by atoms with Crippen molar-refractivity contribution in [2.75, 3.05) is 0 Å². The number of nitrogens with zero attached hydrogens (tertiary/aromatic N) is 1. The van der Waals surface area contributed by atoms with Crippen LogP contribution in [0.5, 0.6) is 17.2 Å². The Morgan fingerprint density at radius 2 is 1.30 bits per heavy atom. The van der Waals surface area contributed by atoms with Crippen molar-refractivity contribution >= 4 is 17.6 Å². The van der Waals surface area contributed by atoms with E-state index in [-0.39, 0.29) is 11.2 Å². The van der Waals surface area contributed by atoms with Gasteiger partial charge >= 0.3 is 6.09 Å². The summed E-state index contributed by atoms with van der Waals surface area (Å²) in [6, 6.07) is 30.7. The summed E-state index contributed by atoms with van der Waals surface area (Å²) in [6.07, 6.45) is -0.646. The van der Waals surface area contributed by atoms with Crippen LogP contribution in [0.15, 0.2) is 102 Å². The van der Waals surface area contributed by atoms with Crippen molar-refractivity contribution in [3.8, 4) is 17.2 Å². The average molecular weight is 539 g/mol. The molecule has 0 radical (unpaired) electrons. The molecule has 40 heavy (non-hydrogen) atoms. The molecule has 206 valence electrons. The predicted octanol–water partition coefficient (Wildman–Crippen LogP) is 7.58. The molecule has 0 atom stereocenters. The van der Waals surface area contributed by atoms with Gasteiger partial charge in [0, 0.05) is 11.8 Å². The van der Waals surface area contributed by atoms with E-state index < -0.39 is 6.09 Å². The van der Waals surface area contributed by atoms with Crippen LogP contribution < -0.4 is 14.8 Å². The maximum atomic E-state index is 10.8. The van der Waals surface area contributed by atoms with Gasteiger partial charge in [0.2, 0.25) is 0 Å². The summed E-state index contributed by atoms with van der Waals surface area (Å²) < 4.78 is 12.0. The zero-order valence-electron chi connectivity index (χ0n) is 22.9. The fourth-order valence-electron chi connectivity index (χ4n) is 4.25. The van der Waals surface area contributed by atoms with Crippen LogP contribution in [-0.2, 0) is 18.6 Å². The highest BCUT2D eigenvalue weighted by atomic mass is 16.5. The summed E-state index contributed by atoms with van der Waals surface area (Å²) in [5.41, 5.74) is 4.79. The lowest BCUT2D eigenvalue weighted by Crippen LogP contribution is -2.27. The number of phenolic OH excluding ortho intramolecular Hbond substituents is 1. The number of carbonyl (C=O) groups is 1. The van der Waals surface area contributed by atoms with Crippen LogP contribution in [0.2, 0.25) is 0 Å². The molecule has 0 aromatic heterocycles. The van der Waals surface area contributed by atoms with Gasteiger partial charge in [0.25, 0.3) is 0 Å². The molecular formula is C33H34N2O5. The zero-order valence-corrected chi connectivity index (χ0v) is 22.9. The Balaban J connectivity index is 1.31. The third-order valence-corrected chi connectivity index (χ3v) is 6.65. The number of aromatic hydroxyl groups is 1. The molecule has 4 rings (SSSR count). The van der Waals surface area contributed by atoms with Crippen molar-refractivity contribution in [1.82, 2.24) is 5.32 Å². The standard InChI is InChI=1S/C33H34N2O5/c1-4-31(35-32(37)38)34-27-12-18-30(19-13-27)40-22-24-7-5-6-23(20-24)21-39-29-16-10-26(11-17-29)33(2,3)25-8-14-28(36)15-9-25/h5-20,36H,4,21-22H2,1-3H3,(H,34,35)(H,37,38). The lowest BCUT2D eigenvalue weighted by molar-refractivity contribution is 0.200. The van der Waals surface area contributed by atoms with Crippen LogP contribution in [-0.4, -0.2) is 22.1 Å². The lowest BCUT2D eigenvalue weighted by Gasteiger charge is -2.26. The molecule has 0 saturated carbocycles. The van der Waals surface area contributed by atoms with E-state index >= 15 is 0 Å². The minimum absolute atomic E-state index is 0.204. The van der Waals surface area contributed by atoms with Gasteiger partial charge in [-0.1, -0.05) is 63.2 Å². The Labute approximate surface area is 234 Å². The summed E-state index contributed by atoms with van der Waals surface area (Å²) in [6.45, 7) is 6.99. The molecule has 0 bridgehead atoms. The minimum Gasteiger partial charge on any atom is -0.508 e. The van der Waals surface area contributed by atoms with Gasteiger partial charge in [-0.25, -0.2) is 9.79 Å². The van der Waals surface area contributed by atoms with Gasteiger partial charge in [0.15, 0.2) is 0 Å². The number of amides is 1. The number of hydrogen-bond acceptors (Lipinski definition) is 5. The first-order chi connectivity index (χ1) is 19.2. The van der Waals surface area contributed by atoms with Gasteiger partial charge in [-0.05, 0) is 76.9 Å². The number of ether oxygens (including phenoxy) is 2. The lowest BCUT2D eigenvalue weighted by atomic mass is 9.78. The van der Waals surface area contributed by atoms with Crippen molar-refractivity contribution in [3.05, 3.63) is 119 Å². The first-order valence-corrected chi connectivity index (χ1v) is 13.1. The molecule has 0 aliphatic heterocycles. The number of nitrogens with one attached hydrogen (secondary N) is 1. The molecule has 0 spiro atoms. The van der Waals surface area contributed by atoms with Crippen molar-refractivity contribution < 1.29 is 24.5 Å². The van der Waals surface area contributed by atoms with Gasteiger partial charge in [-0.3, -0.25) is 5.32 Å². The van der Waals surface area contributed by atoms with Crippen LogP contribution in [0.4, 0.5) is 10.5 Å². The minimum atomic E-state index is -1.13. The SMILES string of the molecule is CCC(=Nc1ccc(OCc2cccc(COc3ccc(C(C)(C)c4ccc(O)cc4)cc3)c2)cc1)NC(=O)O. The molecule has 4 aromatic carbocycles. The van der Waals surface area contributed by atoms with Gasteiger partial charge in [0.05, 0.1) is 5.69 Å². The second-order valence-electron chi connectivity index (χ2n) is 9.93. The third-order valence-electron chi connectivity index (χ3n) is 6.65. The molecule has 7 nitrogen and oxygen atoms in total. The summed E-state index contributed by atoms with van der Waals surface area (Å²) in [5.74, 6) is 2.13. The van der Waals surface area contributed by atoms with E-state index in [1.54, 1.807) is 24.3 Å². The second kappa shape index (κ2) is 12.8. The summed E-state index contributed by atoms with van der Waals surface area (Å²) in [4.78, 5) is 15.2. The van der Waals surface area contributed by atoms with Crippen LogP contribution in [0.3, 0.4) is 0 Å². The fraction of sp³-hybridized carbons (Fsp3) is 0.212. The van der Waals surface area contributed by atoms with Crippen molar-refractivity contribution in [1.29, 1.82) is 0 Å². The van der Waals surface area contributed by atoms with E-state index in [2.05, 4.69) is 42.4 Å². The van der Waals surface area contributed by atoms with Gasteiger partial charge < -0.3 is 19.7 Å². The Morgan fingerprint density at radius 3 is 1.80 bits per heavy atom. The zero-order chi connectivity index (χ0) is 28.5. The highest BCUT2D eigenvalue weighted by Gasteiger charge is 2.23. The van der Waals surface area contributed by atoms with Crippen LogP contribution >= 0.6 is 0 Å². The first kappa shape index (κ1) is 28.2. The van der Waals surface area contributed by atoms with E-state index in [1.807, 2.05) is 61.5 Å². The molecule has 0 unspecified atom stereocenters. The molecule has 0 fully saturated rings. The molecule has 0 heterocycles. The second-order valence-corrected chi connectivity index (χ2v) is 9.93. The number of hydrogen-bond donors (Lipinski definition) is 3. The van der Waals surface area contributed by atoms with Crippen LogP contribution in [0.1, 0.15) is 49.4 Å². The number of phenols is 1. The number of amidine groups is 1. The van der Waals surface area contributed by atoms with Gasteiger partial charge in [-0.2, -0.15) is 0 Å². The Morgan fingerprint density at radius 1 is 0.800 bits per heavy atom. The molecular weight excluding hydrogens is 504 g/mol. The number of rotatable bonds is 10. The highest BCUT2D eigenvalue weighted by Crippen LogP contribution is 2.33. The number of benzene rings is 4. The van der Waals surface area contributed by atoms with Crippen molar-refractivity contribution in [2.24, 2.45) is 4.99 Å². The van der Waals surface area contributed by atoms with E-state index in [0.717, 1.165) is 28.0 Å². The van der Waals surface area contributed by atoms with Gasteiger partial charge in [0.1, 0.15) is 36.3 Å². The largest absolute Gasteiger partial charge is 0.508 e. The maximum Gasteiger partial charge on any atom is 0.410 e. The molecule has 1 amide bonds. The summed E-state index contributed by atoms with van der Waals surface area (Å²) in [5, 5.41) is 20.8. The third kappa shape index (κ3) is 7.63. The van der Waals surface area contributed by atoms with E-state index in [1.165, 1.54) is 0 Å². The predicted molar refractivity (Wildman–Crippen MR) is 157 cm³/mol. The smallest absolute Gasteiger partial charge is 0.410 e. The van der Waals surface area contributed by atoms with Crippen molar-refractivity contribution in [2.45, 2.75) is 45.8 Å². The Bertz CT molecular complexity index is 1440. The fourth-order valence-corrected chi connectivity index (χ4v) is 4.25. The first-order valence-electron chi connectivity index (χ1n) is 13.1. The molecule has 7 heteroatoms. The normalized spacial score (nSPS) is 11.6. The molecule has 3 N–H and O–H groups in total. The van der Waals surface area contributed by atoms with Crippen LogP contribution in [0.25, 0.3) is 0 Å². The average Bonchev–Trinajstić information content (AvgIpc) is 2.96. The topological polar surface area (TPSA) is 100 Å². The summed E-state index contributed by atoms with van der Waals surface area (Å²) >= 11 is 0.